The lowest BCUT2D eigenvalue weighted by Gasteiger charge is -2.21. The van der Waals surface area contributed by atoms with Gasteiger partial charge in [0.2, 0.25) is 5.91 Å². The fourth-order valence-electron chi connectivity index (χ4n) is 2.55. The molecule has 4 heteroatoms. The van der Waals surface area contributed by atoms with Crippen molar-refractivity contribution in [1.29, 1.82) is 0 Å². The van der Waals surface area contributed by atoms with E-state index in [9.17, 15) is 9.90 Å². The van der Waals surface area contributed by atoms with Crippen LogP contribution in [0.4, 0.5) is 0 Å². The third-order valence-electron chi connectivity index (χ3n) is 3.58. The van der Waals surface area contributed by atoms with Crippen molar-refractivity contribution in [3.8, 4) is 0 Å². The van der Waals surface area contributed by atoms with Gasteiger partial charge in [0.25, 0.3) is 0 Å². The molecule has 2 N–H and O–H groups in total. The fraction of sp³-hybridized carbons (Fsp3) is 0.533. The van der Waals surface area contributed by atoms with Crippen LogP contribution in [-0.2, 0) is 11.2 Å². The number of carbonyl (C=O) groups excluding carboxylic acids is 1. The van der Waals surface area contributed by atoms with Gasteiger partial charge in [-0.05, 0) is 30.5 Å². The first-order valence-electron chi connectivity index (χ1n) is 6.87. The molecule has 0 aliphatic heterocycles. The molecule has 1 aliphatic rings. The minimum atomic E-state index is -0.394. The topological polar surface area (TPSA) is 49.3 Å². The molecule has 2 atom stereocenters. The number of aliphatic hydroxyl groups is 1. The van der Waals surface area contributed by atoms with Crippen molar-refractivity contribution in [2.45, 2.75) is 50.7 Å². The summed E-state index contributed by atoms with van der Waals surface area (Å²) in [6, 6.07) is 7.67. The predicted octanol–water partition coefficient (Wildman–Crippen LogP) is 2.80. The van der Waals surface area contributed by atoms with Gasteiger partial charge in [0.1, 0.15) is 0 Å². The first-order chi connectivity index (χ1) is 9.15. The van der Waals surface area contributed by atoms with E-state index in [0.29, 0.717) is 6.42 Å². The van der Waals surface area contributed by atoms with Crippen LogP contribution in [0.3, 0.4) is 0 Å². The van der Waals surface area contributed by atoms with Crippen molar-refractivity contribution in [3.05, 3.63) is 34.3 Å². The maximum Gasteiger partial charge on any atom is 0.224 e. The lowest BCUT2D eigenvalue weighted by Crippen LogP contribution is -2.43. The number of hydrogen-bond donors (Lipinski definition) is 2. The molecule has 0 heterocycles. The molecule has 0 aromatic heterocycles. The number of amides is 1. The van der Waals surface area contributed by atoms with Crippen molar-refractivity contribution in [2.75, 3.05) is 0 Å². The molecule has 3 nitrogen and oxygen atoms in total. The van der Waals surface area contributed by atoms with Gasteiger partial charge in [0.15, 0.2) is 0 Å². The average molecular weight is 326 g/mol. The Bertz CT molecular complexity index is 436. The zero-order valence-corrected chi connectivity index (χ0v) is 12.5. The quantitative estimate of drug-likeness (QED) is 0.839. The molecule has 1 aromatic rings. The second kappa shape index (κ2) is 7.06. The molecular formula is C15H20BrNO2. The van der Waals surface area contributed by atoms with Gasteiger partial charge < -0.3 is 10.4 Å². The normalized spacial score (nSPS) is 23.7. The maximum absolute atomic E-state index is 12.0. The number of aliphatic hydroxyl groups excluding tert-OH is 1. The lowest BCUT2D eigenvalue weighted by molar-refractivity contribution is -0.122. The Morgan fingerprint density at radius 2 is 2.11 bits per heavy atom. The van der Waals surface area contributed by atoms with Crippen LogP contribution in [0.1, 0.15) is 37.7 Å². The van der Waals surface area contributed by atoms with Crippen LogP contribution in [0.5, 0.6) is 0 Å². The third kappa shape index (κ3) is 4.62. The van der Waals surface area contributed by atoms with Gasteiger partial charge in [0, 0.05) is 4.47 Å². The van der Waals surface area contributed by atoms with Crippen molar-refractivity contribution >= 4 is 21.8 Å². The highest BCUT2D eigenvalue weighted by Gasteiger charge is 2.22. The Morgan fingerprint density at radius 1 is 1.32 bits per heavy atom. The van der Waals surface area contributed by atoms with E-state index in [1.165, 1.54) is 0 Å². The summed E-state index contributed by atoms with van der Waals surface area (Å²) in [7, 11) is 0. The molecule has 104 valence electrons. The number of benzene rings is 1. The highest BCUT2D eigenvalue weighted by atomic mass is 79.9. The summed E-state index contributed by atoms with van der Waals surface area (Å²) in [6.45, 7) is 0. The lowest BCUT2D eigenvalue weighted by atomic mass is 10.1. The summed E-state index contributed by atoms with van der Waals surface area (Å²) in [5.41, 5.74) is 0.981. The monoisotopic (exact) mass is 325 g/mol. The molecule has 2 rings (SSSR count). The van der Waals surface area contributed by atoms with Gasteiger partial charge >= 0.3 is 0 Å². The van der Waals surface area contributed by atoms with Crippen LogP contribution >= 0.6 is 15.9 Å². The van der Waals surface area contributed by atoms with Crippen LogP contribution in [-0.4, -0.2) is 23.2 Å². The standard InChI is InChI=1S/C15H20BrNO2/c16-12-6-4-5-11(9-12)10-15(19)17-13-7-2-1-3-8-14(13)18/h4-6,9,13-14,18H,1-3,7-8,10H2,(H,17,19). The third-order valence-corrected chi connectivity index (χ3v) is 4.07. The predicted molar refractivity (Wildman–Crippen MR) is 78.9 cm³/mol. The van der Waals surface area contributed by atoms with Gasteiger partial charge in [0.05, 0.1) is 18.6 Å². The molecular weight excluding hydrogens is 306 g/mol. The summed E-state index contributed by atoms with van der Waals surface area (Å²) in [5, 5.41) is 13.0. The van der Waals surface area contributed by atoms with Gasteiger partial charge in [-0.1, -0.05) is 47.3 Å². The van der Waals surface area contributed by atoms with Crippen molar-refractivity contribution in [3.63, 3.8) is 0 Å². The zero-order chi connectivity index (χ0) is 13.7. The molecule has 0 spiro atoms. The molecule has 1 fully saturated rings. The molecule has 19 heavy (non-hydrogen) atoms. The van der Waals surface area contributed by atoms with Crippen molar-refractivity contribution < 1.29 is 9.90 Å². The second-order valence-corrected chi connectivity index (χ2v) is 6.10. The number of rotatable bonds is 3. The van der Waals surface area contributed by atoms with Crippen LogP contribution in [0.2, 0.25) is 0 Å². The molecule has 0 radical (unpaired) electrons. The zero-order valence-electron chi connectivity index (χ0n) is 10.9. The Balaban J connectivity index is 1.89. The van der Waals surface area contributed by atoms with Crippen molar-refractivity contribution in [2.24, 2.45) is 0 Å². The highest BCUT2D eigenvalue weighted by molar-refractivity contribution is 9.10. The Kier molecular flexibility index (Phi) is 5.40. The molecule has 0 saturated heterocycles. The van der Waals surface area contributed by atoms with E-state index in [4.69, 9.17) is 0 Å². The maximum atomic E-state index is 12.0. The summed E-state index contributed by atoms with van der Waals surface area (Å²) in [5.74, 6) is -0.0101. The molecule has 1 aliphatic carbocycles. The summed E-state index contributed by atoms with van der Waals surface area (Å²) >= 11 is 3.40. The van der Waals surface area contributed by atoms with E-state index in [-0.39, 0.29) is 11.9 Å². The summed E-state index contributed by atoms with van der Waals surface area (Å²) < 4.78 is 0.979. The second-order valence-electron chi connectivity index (χ2n) is 5.19. The summed E-state index contributed by atoms with van der Waals surface area (Å²) in [6.07, 6.45) is 4.93. The van der Waals surface area contributed by atoms with E-state index < -0.39 is 6.10 Å². The van der Waals surface area contributed by atoms with Crippen molar-refractivity contribution in [1.82, 2.24) is 5.32 Å². The first kappa shape index (κ1) is 14.5. The Morgan fingerprint density at radius 3 is 2.89 bits per heavy atom. The number of hydrogen-bond acceptors (Lipinski definition) is 2. The first-order valence-corrected chi connectivity index (χ1v) is 7.66. The highest BCUT2D eigenvalue weighted by Crippen LogP contribution is 2.18. The SMILES string of the molecule is O=C(Cc1cccc(Br)c1)NC1CCCCCC1O. The number of halogens is 1. The van der Waals surface area contributed by atoms with E-state index in [0.717, 1.165) is 42.1 Å². The van der Waals surface area contributed by atoms with Crippen LogP contribution in [0.25, 0.3) is 0 Å². The fourth-order valence-corrected chi connectivity index (χ4v) is 2.99. The molecule has 1 amide bonds. The minimum Gasteiger partial charge on any atom is -0.391 e. The van der Waals surface area contributed by atoms with Crippen LogP contribution in [0, 0.1) is 0 Å². The van der Waals surface area contributed by atoms with Gasteiger partial charge in [-0.25, -0.2) is 0 Å². The average Bonchev–Trinajstić information content (AvgIpc) is 2.55. The Labute approximate surface area is 122 Å². The largest absolute Gasteiger partial charge is 0.391 e. The molecule has 2 unspecified atom stereocenters. The van der Waals surface area contributed by atoms with E-state index in [1.807, 2.05) is 24.3 Å². The minimum absolute atomic E-state index is 0.0101. The van der Waals surface area contributed by atoms with Crippen LogP contribution in [0.15, 0.2) is 28.7 Å². The van der Waals surface area contributed by atoms with Gasteiger partial charge in [-0.3, -0.25) is 4.79 Å². The van der Waals surface area contributed by atoms with E-state index in [2.05, 4.69) is 21.2 Å². The molecule has 1 saturated carbocycles. The van der Waals surface area contributed by atoms with E-state index in [1.54, 1.807) is 0 Å². The smallest absolute Gasteiger partial charge is 0.224 e. The van der Waals surface area contributed by atoms with E-state index >= 15 is 0 Å². The molecule has 0 bridgehead atoms. The van der Waals surface area contributed by atoms with Gasteiger partial charge in [-0.2, -0.15) is 0 Å². The Hall–Kier alpha value is -0.870. The van der Waals surface area contributed by atoms with Gasteiger partial charge in [-0.15, -0.1) is 0 Å². The number of nitrogens with one attached hydrogen (secondary N) is 1. The number of carbonyl (C=O) groups is 1. The summed E-state index contributed by atoms with van der Waals surface area (Å²) in [4.78, 5) is 12.0. The molecule has 1 aromatic carbocycles. The van der Waals surface area contributed by atoms with Crippen LogP contribution < -0.4 is 5.32 Å².